The first-order valence-electron chi connectivity index (χ1n) is 6.08. The zero-order valence-corrected chi connectivity index (χ0v) is 9.72. The van der Waals surface area contributed by atoms with Crippen LogP contribution in [0.2, 0.25) is 0 Å². The number of ether oxygens (including phenoxy) is 1. The van der Waals surface area contributed by atoms with Gasteiger partial charge in [-0.05, 0) is 19.8 Å². The second-order valence-corrected chi connectivity index (χ2v) is 4.57. The maximum absolute atomic E-state index is 5.14. The molecule has 0 amide bonds. The van der Waals surface area contributed by atoms with Crippen molar-refractivity contribution in [3.8, 4) is 0 Å². The van der Waals surface area contributed by atoms with Crippen molar-refractivity contribution < 1.29 is 4.74 Å². The van der Waals surface area contributed by atoms with Gasteiger partial charge in [-0.25, -0.2) is 0 Å². The number of nitrogens with one attached hydrogen (secondary N) is 1. The third-order valence-electron chi connectivity index (χ3n) is 3.04. The summed E-state index contributed by atoms with van der Waals surface area (Å²) in [6.07, 6.45) is 9.81. The molecule has 1 rings (SSSR count). The van der Waals surface area contributed by atoms with Crippen molar-refractivity contribution in [1.82, 2.24) is 5.32 Å². The Labute approximate surface area is 88.4 Å². The third kappa shape index (κ3) is 4.97. The Morgan fingerprint density at radius 2 is 1.71 bits per heavy atom. The molecule has 1 atom stereocenters. The van der Waals surface area contributed by atoms with Gasteiger partial charge in [0.2, 0.25) is 0 Å². The van der Waals surface area contributed by atoms with Gasteiger partial charge < -0.3 is 10.1 Å². The van der Waals surface area contributed by atoms with E-state index < -0.39 is 0 Å². The minimum Gasteiger partial charge on any atom is -0.383 e. The van der Waals surface area contributed by atoms with Crippen LogP contribution in [0.3, 0.4) is 0 Å². The highest BCUT2D eigenvalue weighted by Gasteiger charge is 2.13. The molecule has 0 bridgehead atoms. The maximum atomic E-state index is 5.14. The minimum atomic E-state index is 0.504. The van der Waals surface area contributed by atoms with E-state index in [1.54, 1.807) is 7.11 Å². The van der Waals surface area contributed by atoms with Gasteiger partial charge in [-0.15, -0.1) is 0 Å². The molecule has 1 fully saturated rings. The van der Waals surface area contributed by atoms with Crippen LogP contribution in [0.4, 0.5) is 0 Å². The lowest BCUT2D eigenvalue weighted by molar-refractivity contribution is 0.163. The predicted molar refractivity (Wildman–Crippen MR) is 60.6 cm³/mol. The van der Waals surface area contributed by atoms with Crippen LogP contribution in [0.5, 0.6) is 0 Å². The van der Waals surface area contributed by atoms with Crippen LogP contribution in [0.15, 0.2) is 0 Å². The molecule has 1 saturated carbocycles. The molecule has 1 aliphatic carbocycles. The van der Waals surface area contributed by atoms with Crippen molar-refractivity contribution in [3.05, 3.63) is 0 Å². The second kappa shape index (κ2) is 7.24. The monoisotopic (exact) mass is 199 g/mol. The number of methoxy groups -OCH3 is 1. The predicted octanol–water partition coefficient (Wildman–Crippen LogP) is 2.72. The Bertz CT molecular complexity index is 130. The lowest BCUT2D eigenvalue weighted by Gasteiger charge is -2.24. The van der Waals surface area contributed by atoms with Gasteiger partial charge in [-0.1, -0.05) is 32.1 Å². The first kappa shape index (κ1) is 12.0. The average Bonchev–Trinajstić information content (AvgIpc) is 2.10. The molecule has 14 heavy (non-hydrogen) atoms. The van der Waals surface area contributed by atoms with Crippen molar-refractivity contribution in [1.29, 1.82) is 0 Å². The fourth-order valence-corrected chi connectivity index (χ4v) is 2.32. The zero-order chi connectivity index (χ0) is 10.2. The molecule has 1 N–H and O–H groups in total. The van der Waals surface area contributed by atoms with E-state index in [0.717, 1.165) is 12.6 Å². The summed E-state index contributed by atoms with van der Waals surface area (Å²) in [7, 11) is 1.77. The van der Waals surface area contributed by atoms with Gasteiger partial charge in [0.05, 0.1) is 6.61 Å². The van der Waals surface area contributed by atoms with E-state index in [1.807, 2.05) is 0 Å². The molecule has 0 aromatic rings. The molecular formula is C12H25NO. The number of hydrogen-bond donors (Lipinski definition) is 1. The third-order valence-corrected chi connectivity index (χ3v) is 3.04. The summed E-state index contributed by atoms with van der Waals surface area (Å²) >= 11 is 0. The van der Waals surface area contributed by atoms with Gasteiger partial charge in [0.1, 0.15) is 0 Å². The first-order valence-corrected chi connectivity index (χ1v) is 6.08. The molecule has 0 saturated heterocycles. The smallest absolute Gasteiger partial charge is 0.0613 e. The average molecular weight is 199 g/mol. The van der Waals surface area contributed by atoms with Crippen LogP contribution in [-0.2, 0) is 4.74 Å². The lowest BCUT2D eigenvalue weighted by Crippen LogP contribution is -2.39. The molecule has 0 aliphatic heterocycles. The molecule has 0 heterocycles. The molecule has 1 unspecified atom stereocenters. The van der Waals surface area contributed by atoms with Crippen molar-refractivity contribution in [2.45, 2.75) is 64.0 Å². The van der Waals surface area contributed by atoms with Gasteiger partial charge in [0.15, 0.2) is 0 Å². The van der Waals surface area contributed by atoms with Gasteiger partial charge in [0.25, 0.3) is 0 Å². The van der Waals surface area contributed by atoms with Crippen molar-refractivity contribution in [3.63, 3.8) is 0 Å². The highest BCUT2D eigenvalue weighted by Crippen LogP contribution is 2.17. The van der Waals surface area contributed by atoms with Gasteiger partial charge in [-0.3, -0.25) is 0 Å². The van der Waals surface area contributed by atoms with E-state index in [0.29, 0.717) is 6.04 Å². The van der Waals surface area contributed by atoms with E-state index in [-0.39, 0.29) is 0 Å². The minimum absolute atomic E-state index is 0.504. The molecule has 0 aromatic carbocycles. The van der Waals surface area contributed by atoms with E-state index >= 15 is 0 Å². The maximum Gasteiger partial charge on any atom is 0.0613 e. The van der Waals surface area contributed by atoms with Crippen molar-refractivity contribution >= 4 is 0 Å². The van der Waals surface area contributed by atoms with E-state index in [2.05, 4.69) is 12.2 Å². The zero-order valence-electron chi connectivity index (χ0n) is 9.72. The Kier molecular flexibility index (Phi) is 6.20. The van der Waals surface area contributed by atoms with Crippen molar-refractivity contribution in [2.75, 3.05) is 13.7 Å². The molecule has 2 heteroatoms. The SMILES string of the molecule is COCC(C)NC1CCCCCCC1. The first-order chi connectivity index (χ1) is 6.83. The summed E-state index contributed by atoms with van der Waals surface area (Å²) in [5, 5.41) is 3.66. The molecule has 84 valence electrons. The highest BCUT2D eigenvalue weighted by molar-refractivity contribution is 4.73. The molecule has 0 radical (unpaired) electrons. The van der Waals surface area contributed by atoms with Gasteiger partial charge in [-0.2, -0.15) is 0 Å². The molecule has 2 nitrogen and oxygen atoms in total. The Morgan fingerprint density at radius 3 is 2.29 bits per heavy atom. The summed E-state index contributed by atoms with van der Waals surface area (Å²) in [6.45, 7) is 3.04. The van der Waals surface area contributed by atoms with Crippen LogP contribution in [-0.4, -0.2) is 25.8 Å². The summed E-state index contributed by atoms with van der Waals surface area (Å²) in [4.78, 5) is 0. The van der Waals surface area contributed by atoms with E-state index in [9.17, 15) is 0 Å². The second-order valence-electron chi connectivity index (χ2n) is 4.57. The fourth-order valence-electron chi connectivity index (χ4n) is 2.32. The normalized spacial score (nSPS) is 22.7. The number of hydrogen-bond acceptors (Lipinski definition) is 2. The molecular weight excluding hydrogens is 174 g/mol. The van der Waals surface area contributed by atoms with E-state index in [4.69, 9.17) is 4.74 Å². The summed E-state index contributed by atoms with van der Waals surface area (Å²) < 4.78 is 5.14. The highest BCUT2D eigenvalue weighted by atomic mass is 16.5. The summed E-state index contributed by atoms with van der Waals surface area (Å²) in [6, 6.07) is 1.24. The van der Waals surface area contributed by atoms with Gasteiger partial charge >= 0.3 is 0 Å². The lowest BCUT2D eigenvalue weighted by atomic mass is 9.96. The standard InChI is InChI=1S/C12H25NO/c1-11(10-14-2)13-12-8-6-4-3-5-7-9-12/h11-13H,3-10H2,1-2H3. The van der Waals surface area contributed by atoms with Crippen LogP contribution >= 0.6 is 0 Å². The van der Waals surface area contributed by atoms with E-state index in [1.165, 1.54) is 44.9 Å². The van der Waals surface area contributed by atoms with Crippen LogP contribution < -0.4 is 5.32 Å². The largest absolute Gasteiger partial charge is 0.383 e. The van der Waals surface area contributed by atoms with Gasteiger partial charge in [0, 0.05) is 19.2 Å². The van der Waals surface area contributed by atoms with Crippen LogP contribution in [0, 0.1) is 0 Å². The quantitative estimate of drug-likeness (QED) is 0.751. The topological polar surface area (TPSA) is 21.3 Å². The number of rotatable bonds is 4. The van der Waals surface area contributed by atoms with Crippen LogP contribution in [0.25, 0.3) is 0 Å². The Balaban J connectivity index is 2.19. The molecule has 0 spiro atoms. The summed E-state index contributed by atoms with van der Waals surface area (Å²) in [5.41, 5.74) is 0. The van der Waals surface area contributed by atoms with Crippen molar-refractivity contribution in [2.24, 2.45) is 0 Å². The Hall–Kier alpha value is -0.0800. The van der Waals surface area contributed by atoms with Crippen LogP contribution in [0.1, 0.15) is 51.9 Å². The summed E-state index contributed by atoms with van der Waals surface area (Å²) in [5.74, 6) is 0. The fraction of sp³-hybridized carbons (Fsp3) is 1.00. The Morgan fingerprint density at radius 1 is 1.14 bits per heavy atom. The molecule has 0 aromatic heterocycles. The molecule has 1 aliphatic rings.